The van der Waals surface area contributed by atoms with Gasteiger partial charge in [0.15, 0.2) is 0 Å². The van der Waals surface area contributed by atoms with Crippen LogP contribution in [0.25, 0.3) is 5.69 Å². The number of carbonyl (C=O) groups excluding carboxylic acids is 1. The number of carboxylic acids is 1. The molecule has 0 spiro atoms. The summed E-state index contributed by atoms with van der Waals surface area (Å²) in [4.78, 5) is 23.7. The summed E-state index contributed by atoms with van der Waals surface area (Å²) in [5.74, 6) is -0.458. The van der Waals surface area contributed by atoms with E-state index < -0.39 is 12.0 Å². The average molecular weight is 406 g/mol. The second-order valence-corrected chi connectivity index (χ2v) is 6.51. The van der Waals surface area contributed by atoms with Gasteiger partial charge in [0.25, 0.3) is 0 Å². The molecule has 3 aromatic rings. The van der Waals surface area contributed by atoms with Crippen molar-refractivity contribution in [2.45, 2.75) is 13.8 Å². The molecule has 3 rings (SSSR count). The lowest BCUT2D eigenvalue weighted by molar-refractivity contribution is 0.0697. The lowest BCUT2D eigenvalue weighted by atomic mass is 10.1. The fourth-order valence-electron chi connectivity index (χ4n) is 3.20. The van der Waals surface area contributed by atoms with Crippen molar-refractivity contribution in [2.24, 2.45) is 5.10 Å². The first-order chi connectivity index (χ1) is 14.4. The monoisotopic (exact) mass is 406 g/mol. The number of aromatic nitrogens is 1. The molecule has 0 radical (unpaired) electrons. The molecular formula is C22H22N4O4. The van der Waals surface area contributed by atoms with Gasteiger partial charge in [0, 0.05) is 17.0 Å². The molecule has 0 unspecified atom stereocenters. The van der Waals surface area contributed by atoms with E-state index in [4.69, 9.17) is 4.74 Å². The summed E-state index contributed by atoms with van der Waals surface area (Å²) in [6.45, 7) is 3.74. The number of hydrogen-bond donors (Lipinski definition) is 3. The number of aromatic carboxylic acids is 1. The van der Waals surface area contributed by atoms with E-state index in [1.165, 1.54) is 13.3 Å². The molecule has 8 nitrogen and oxygen atoms in total. The van der Waals surface area contributed by atoms with Crippen molar-refractivity contribution in [1.82, 2.24) is 9.99 Å². The minimum Gasteiger partial charge on any atom is -0.495 e. The van der Waals surface area contributed by atoms with E-state index >= 15 is 0 Å². The van der Waals surface area contributed by atoms with E-state index in [1.807, 2.05) is 24.5 Å². The number of carboxylic acid groups (broad SMARTS) is 1. The second kappa shape index (κ2) is 8.95. The van der Waals surface area contributed by atoms with Crippen molar-refractivity contribution >= 4 is 23.9 Å². The molecule has 0 aliphatic carbocycles. The number of rotatable bonds is 6. The highest BCUT2D eigenvalue weighted by molar-refractivity contribution is 5.93. The number of methoxy groups -OCH3 is 1. The SMILES string of the molecule is COc1ccccc1NC(=O)N/N=C/c1cc(C)n(-c2ccccc2C(=O)O)c1C. The fraction of sp³-hybridized carbons (Fsp3) is 0.136. The third-order valence-corrected chi connectivity index (χ3v) is 4.57. The van der Waals surface area contributed by atoms with E-state index in [9.17, 15) is 14.7 Å². The maximum atomic E-state index is 12.1. The smallest absolute Gasteiger partial charge is 0.339 e. The van der Waals surface area contributed by atoms with Gasteiger partial charge in [-0.05, 0) is 44.2 Å². The van der Waals surface area contributed by atoms with Gasteiger partial charge in [-0.25, -0.2) is 15.0 Å². The van der Waals surface area contributed by atoms with Crippen LogP contribution in [-0.2, 0) is 0 Å². The van der Waals surface area contributed by atoms with Crippen LogP contribution < -0.4 is 15.5 Å². The van der Waals surface area contributed by atoms with Crippen LogP contribution in [-0.4, -0.2) is 35.0 Å². The number of ether oxygens (including phenoxy) is 1. The van der Waals surface area contributed by atoms with Crippen LogP contribution in [0.3, 0.4) is 0 Å². The Morgan fingerprint density at radius 2 is 1.80 bits per heavy atom. The summed E-state index contributed by atoms with van der Waals surface area (Å²) in [6.07, 6.45) is 1.52. The highest BCUT2D eigenvalue weighted by atomic mass is 16.5. The number of amides is 2. The highest BCUT2D eigenvalue weighted by Gasteiger charge is 2.16. The third kappa shape index (κ3) is 4.33. The standard InChI is InChI=1S/C22H22N4O4/c1-14-12-16(15(2)26(14)19-10-6-4-8-17(19)21(27)28)13-23-25-22(29)24-18-9-5-7-11-20(18)30-3/h4-13H,1-3H3,(H,27,28)(H2,24,25,29)/b23-13+. The number of carbonyl (C=O) groups is 2. The maximum Gasteiger partial charge on any atom is 0.339 e. The zero-order valence-electron chi connectivity index (χ0n) is 16.8. The number of benzene rings is 2. The van der Waals surface area contributed by atoms with Crippen LogP contribution in [0.1, 0.15) is 27.3 Å². The Balaban J connectivity index is 1.77. The first kappa shape index (κ1) is 20.7. The summed E-state index contributed by atoms with van der Waals surface area (Å²) >= 11 is 0. The van der Waals surface area contributed by atoms with E-state index in [-0.39, 0.29) is 5.56 Å². The molecule has 0 aliphatic rings. The zero-order chi connectivity index (χ0) is 21.7. The minimum atomic E-state index is -0.997. The Bertz CT molecular complexity index is 1120. The molecule has 3 N–H and O–H groups in total. The van der Waals surface area contributed by atoms with Crippen LogP contribution >= 0.6 is 0 Å². The molecule has 2 amide bonds. The summed E-state index contributed by atoms with van der Waals surface area (Å²) < 4.78 is 7.04. The number of hydrogen-bond acceptors (Lipinski definition) is 4. The average Bonchev–Trinajstić information content (AvgIpc) is 3.01. The van der Waals surface area contributed by atoms with Gasteiger partial charge in [-0.2, -0.15) is 5.10 Å². The lowest BCUT2D eigenvalue weighted by Gasteiger charge is -2.12. The zero-order valence-corrected chi connectivity index (χ0v) is 16.8. The van der Waals surface area contributed by atoms with Crippen LogP contribution in [0.15, 0.2) is 59.7 Å². The van der Waals surface area contributed by atoms with Crippen molar-refractivity contribution in [2.75, 3.05) is 12.4 Å². The molecule has 1 aromatic heterocycles. The van der Waals surface area contributed by atoms with Gasteiger partial charge < -0.3 is 19.7 Å². The van der Waals surface area contributed by atoms with E-state index in [2.05, 4.69) is 15.8 Å². The van der Waals surface area contributed by atoms with Crippen LogP contribution in [0, 0.1) is 13.8 Å². The van der Waals surface area contributed by atoms with E-state index in [0.29, 0.717) is 17.1 Å². The number of urea groups is 1. The molecule has 1 heterocycles. The van der Waals surface area contributed by atoms with E-state index in [0.717, 1.165) is 17.0 Å². The molecule has 30 heavy (non-hydrogen) atoms. The molecule has 0 fully saturated rings. The summed E-state index contributed by atoms with van der Waals surface area (Å²) in [6, 6.07) is 15.2. The Morgan fingerprint density at radius 3 is 2.53 bits per heavy atom. The normalized spacial score (nSPS) is 10.8. The molecule has 0 atom stereocenters. The Labute approximate surface area is 173 Å². The molecule has 2 aromatic carbocycles. The first-order valence-electron chi connectivity index (χ1n) is 9.17. The number of hydrazone groups is 1. The molecule has 0 bridgehead atoms. The van der Waals surface area contributed by atoms with Crippen molar-refractivity contribution in [1.29, 1.82) is 0 Å². The first-order valence-corrected chi connectivity index (χ1v) is 9.17. The van der Waals surface area contributed by atoms with Crippen molar-refractivity contribution in [3.63, 3.8) is 0 Å². The third-order valence-electron chi connectivity index (χ3n) is 4.57. The van der Waals surface area contributed by atoms with Crippen molar-refractivity contribution in [3.05, 3.63) is 77.1 Å². The van der Waals surface area contributed by atoms with Gasteiger partial charge in [-0.15, -0.1) is 0 Å². The number of aryl methyl sites for hydroxylation is 1. The largest absolute Gasteiger partial charge is 0.495 e. The molecular weight excluding hydrogens is 384 g/mol. The number of nitrogens with one attached hydrogen (secondary N) is 2. The quantitative estimate of drug-likeness (QED) is 0.426. The molecule has 0 saturated heterocycles. The second-order valence-electron chi connectivity index (χ2n) is 6.51. The Kier molecular flexibility index (Phi) is 6.17. The van der Waals surface area contributed by atoms with E-state index in [1.54, 1.807) is 48.5 Å². The summed E-state index contributed by atoms with van der Waals surface area (Å²) in [7, 11) is 1.52. The van der Waals surface area contributed by atoms with Gasteiger partial charge in [0.05, 0.1) is 30.3 Å². The topological polar surface area (TPSA) is 105 Å². The molecule has 0 aliphatic heterocycles. The number of nitrogens with zero attached hydrogens (tertiary/aromatic N) is 2. The van der Waals surface area contributed by atoms with Crippen molar-refractivity contribution in [3.8, 4) is 11.4 Å². The van der Waals surface area contributed by atoms with Crippen LogP contribution in [0.4, 0.5) is 10.5 Å². The maximum absolute atomic E-state index is 12.1. The fourth-order valence-corrected chi connectivity index (χ4v) is 3.20. The van der Waals surface area contributed by atoms with Gasteiger partial charge in [-0.1, -0.05) is 24.3 Å². The minimum absolute atomic E-state index is 0.206. The Hall–Kier alpha value is -4.07. The highest BCUT2D eigenvalue weighted by Crippen LogP contribution is 2.24. The van der Waals surface area contributed by atoms with Gasteiger partial charge in [-0.3, -0.25) is 0 Å². The number of para-hydroxylation sites is 3. The Morgan fingerprint density at radius 1 is 1.10 bits per heavy atom. The lowest BCUT2D eigenvalue weighted by Crippen LogP contribution is -2.24. The van der Waals surface area contributed by atoms with Crippen LogP contribution in [0.5, 0.6) is 5.75 Å². The predicted molar refractivity (Wildman–Crippen MR) is 115 cm³/mol. The summed E-state index contributed by atoms with van der Waals surface area (Å²) in [5.41, 5.74) is 6.12. The van der Waals surface area contributed by atoms with Gasteiger partial charge in [0.2, 0.25) is 0 Å². The van der Waals surface area contributed by atoms with Gasteiger partial charge in [0.1, 0.15) is 5.75 Å². The summed E-state index contributed by atoms with van der Waals surface area (Å²) in [5, 5.41) is 16.1. The molecule has 0 saturated carbocycles. The molecule has 154 valence electrons. The van der Waals surface area contributed by atoms with Crippen LogP contribution in [0.2, 0.25) is 0 Å². The number of anilines is 1. The predicted octanol–water partition coefficient (Wildman–Crippen LogP) is 3.96. The molecule has 8 heteroatoms. The van der Waals surface area contributed by atoms with Crippen molar-refractivity contribution < 1.29 is 19.4 Å². The van der Waals surface area contributed by atoms with Gasteiger partial charge >= 0.3 is 12.0 Å².